The van der Waals surface area contributed by atoms with Gasteiger partial charge in [0.25, 0.3) is 0 Å². The van der Waals surface area contributed by atoms with Crippen LogP contribution in [0.4, 0.5) is 4.79 Å². The first kappa shape index (κ1) is 16.7. The minimum absolute atomic E-state index is 0.283. The lowest BCUT2D eigenvalue weighted by Crippen LogP contribution is -2.24. The van der Waals surface area contributed by atoms with Gasteiger partial charge in [0.2, 0.25) is 0 Å². The molecule has 0 saturated heterocycles. The zero-order valence-electron chi connectivity index (χ0n) is 13.9. The Hall–Kier alpha value is -3.14. The van der Waals surface area contributed by atoms with Crippen molar-refractivity contribution in [2.75, 3.05) is 6.54 Å². The number of carbonyl (C=O) groups is 1. The Balaban J connectivity index is 1.43. The first-order valence-electron chi connectivity index (χ1n) is 8.27. The molecule has 2 aromatic carbocycles. The molecule has 25 heavy (non-hydrogen) atoms. The van der Waals surface area contributed by atoms with Crippen LogP contribution in [0.5, 0.6) is 0 Å². The molecule has 1 heterocycles. The summed E-state index contributed by atoms with van der Waals surface area (Å²) in [5, 5.41) is 5.04. The van der Waals surface area contributed by atoms with E-state index in [1.165, 1.54) is 5.39 Å². The molecule has 4 heteroatoms. The molecule has 0 saturated carbocycles. The van der Waals surface area contributed by atoms with E-state index >= 15 is 0 Å². The van der Waals surface area contributed by atoms with E-state index in [2.05, 4.69) is 28.5 Å². The van der Waals surface area contributed by atoms with Crippen molar-refractivity contribution in [2.24, 2.45) is 0 Å². The molecule has 4 nitrogen and oxygen atoms in total. The number of carbonyl (C=O) groups excluding carboxylic acids is 1. The fourth-order valence-electron chi connectivity index (χ4n) is 2.52. The first-order valence-corrected chi connectivity index (χ1v) is 8.27. The predicted octanol–water partition coefficient (Wildman–Crippen LogP) is 4.56. The van der Waals surface area contributed by atoms with E-state index in [1.807, 2.05) is 54.7 Å². The van der Waals surface area contributed by atoms with Crippen molar-refractivity contribution in [3.8, 4) is 0 Å². The van der Waals surface area contributed by atoms with Crippen LogP contribution in [0, 0.1) is 0 Å². The van der Waals surface area contributed by atoms with Gasteiger partial charge in [-0.15, -0.1) is 0 Å². The molecular weight excluding hydrogens is 312 g/mol. The number of ether oxygens (including phenoxy) is 1. The van der Waals surface area contributed by atoms with Gasteiger partial charge in [-0.3, -0.25) is 4.98 Å². The maximum absolute atomic E-state index is 11.7. The van der Waals surface area contributed by atoms with E-state index in [-0.39, 0.29) is 6.61 Å². The van der Waals surface area contributed by atoms with Crippen molar-refractivity contribution < 1.29 is 9.53 Å². The van der Waals surface area contributed by atoms with E-state index in [1.54, 1.807) is 6.20 Å². The van der Waals surface area contributed by atoms with E-state index < -0.39 is 6.09 Å². The summed E-state index contributed by atoms with van der Waals surface area (Å²) in [5.74, 6) is 0. The standard InChI is InChI=1S/C21H20N2O2/c24-21(25-16-17-7-2-1-3-8-17)23-13-5-4-9-18-10-6-11-19-12-14-22-15-20(18)19/h1-4,6-12,14-15H,5,13,16H2,(H,23,24). The third kappa shape index (κ3) is 4.91. The van der Waals surface area contributed by atoms with Gasteiger partial charge in [-0.25, -0.2) is 4.79 Å². The number of fused-ring (bicyclic) bond motifs is 1. The van der Waals surface area contributed by atoms with E-state index in [0.29, 0.717) is 6.54 Å². The van der Waals surface area contributed by atoms with Gasteiger partial charge >= 0.3 is 6.09 Å². The predicted molar refractivity (Wildman–Crippen MR) is 100 cm³/mol. The van der Waals surface area contributed by atoms with Crippen LogP contribution in [-0.2, 0) is 11.3 Å². The van der Waals surface area contributed by atoms with Gasteiger partial charge in [-0.1, -0.05) is 60.7 Å². The summed E-state index contributed by atoms with van der Waals surface area (Å²) >= 11 is 0. The number of pyridine rings is 1. The molecule has 0 bridgehead atoms. The largest absolute Gasteiger partial charge is 0.445 e. The number of aromatic nitrogens is 1. The van der Waals surface area contributed by atoms with Gasteiger partial charge in [0.1, 0.15) is 6.61 Å². The maximum atomic E-state index is 11.7. The second kappa shape index (κ2) is 8.64. The SMILES string of the molecule is O=C(NCCC=Cc1cccc2ccncc12)OCc1ccccc1. The highest BCUT2D eigenvalue weighted by Crippen LogP contribution is 2.18. The minimum Gasteiger partial charge on any atom is -0.445 e. The normalized spacial score (nSPS) is 10.9. The Bertz CT molecular complexity index is 855. The number of hydrogen-bond acceptors (Lipinski definition) is 3. The lowest BCUT2D eigenvalue weighted by Gasteiger charge is -2.06. The quantitative estimate of drug-likeness (QED) is 0.673. The smallest absolute Gasteiger partial charge is 0.407 e. The Morgan fingerprint density at radius 2 is 1.96 bits per heavy atom. The molecular formula is C21H20N2O2. The number of hydrogen-bond donors (Lipinski definition) is 1. The van der Waals surface area contributed by atoms with Crippen LogP contribution >= 0.6 is 0 Å². The molecule has 1 amide bonds. The molecule has 0 fully saturated rings. The third-order valence-electron chi connectivity index (χ3n) is 3.81. The number of alkyl carbamates (subject to hydrolysis) is 1. The molecule has 0 radical (unpaired) electrons. The van der Waals surface area contributed by atoms with E-state index in [4.69, 9.17) is 4.74 Å². The fourth-order valence-corrected chi connectivity index (χ4v) is 2.52. The van der Waals surface area contributed by atoms with Crippen molar-refractivity contribution in [3.05, 3.63) is 84.2 Å². The number of benzene rings is 2. The first-order chi connectivity index (χ1) is 12.3. The highest BCUT2D eigenvalue weighted by molar-refractivity contribution is 5.89. The van der Waals surface area contributed by atoms with Crippen LogP contribution in [-0.4, -0.2) is 17.6 Å². The Labute approximate surface area is 147 Å². The number of nitrogens with one attached hydrogen (secondary N) is 1. The summed E-state index contributed by atoms with van der Waals surface area (Å²) in [5.41, 5.74) is 2.10. The molecule has 3 rings (SSSR count). The molecule has 3 aromatic rings. The van der Waals surface area contributed by atoms with Crippen LogP contribution in [0.1, 0.15) is 17.5 Å². The molecule has 1 aromatic heterocycles. The summed E-state index contributed by atoms with van der Waals surface area (Å²) in [6, 6.07) is 17.8. The maximum Gasteiger partial charge on any atom is 0.407 e. The fraction of sp³-hybridized carbons (Fsp3) is 0.143. The van der Waals surface area contributed by atoms with Crippen LogP contribution in [0.15, 0.2) is 73.1 Å². The van der Waals surface area contributed by atoms with E-state index in [9.17, 15) is 4.79 Å². The monoisotopic (exact) mass is 332 g/mol. The van der Waals surface area contributed by atoms with E-state index in [0.717, 1.165) is 22.9 Å². The summed E-state index contributed by atoms with van der Waals surface area (Å²) in [7, 11) is 0. The second-order valence-corrected chi connectivity index (χ2v) is 5.62. The van der Waals surface area contributed by atoms with Gasteiger partial charge < -0.3 is 10.1 Å². The van der Waals surface area contributed by atoms with Gasteiger partial charge in [0.15, 0.2) is 0 Å². The zero-order chi connectivity index (χ0) is 17.3. The number of rotatable bonds is 6. The van der Waals surface area contributed by atoms with Crippen molar-refractivity contribution in [2.45, 2.75) is 13.0 Å². The van der Waals surface area contributed by atoms with Crippen molar-refractivity contribution in [1.82, 2.24) is 10.3 Å². The summed E-state index contributed by atoms with van der Waals surface area (Å²) in [4.78, 5) is 15.8. The summed E-state index contributed by atoms with van der Waals surface area (Å²) < 4.78 is 5.17. The van der Waals surface area contributed by atoms with Crippen molar-refractivity contribution in [1.29, 1.82) is 0 Å². The topological polar surface area (TPSA) is 51.2 Å². The van der Waals surface area contributed by atoms with Crippen LogP contribution < -0.4 is 5.32 Å². The summed E-state index contributed by atoms with van der Waals surface area (Å²) in [6.07, 6.45) is 8.10. The van der Waals surface area contributed by atoms with Gasteiger partial charge in [0, 0.05) is 24.3 Å². The third-order valence-corrected chi connectivity index (χ3v) is 3.81. The highest BCUT2D eigenvalue weighted by atomic mass is 16.5. The van der Waals surface area contributed by atoms with Gasteiger partial charge in [0.05, 0.1) is 0 Å². The molecule has 0 unspecified atom stereocenters. The highest BCUT2D eigenvalue weighted by Gasteiger charge is 2.01. The molecule has 0 aliphatic heterocycles. The molecule has 0 spiro atoms. The van der Waals surface area contributed by atoms with Crippen molar-refractivity contribution in [3.63, 3.8) is 0 Å². The second-order valence-electron chi connectivity index (χ2n) is 5.62. The number of amides is 1. The lowest BCUT2D eigenvalue weighted by molar-refractivity contribution is 0.140. The molecule has 0 atom stereocenters. The molecule has 126 valence electrons. The van der Waals surface area contributed by atoms with Crippen LogP contribution in [0.3, 0.4) is 0 Å². The number of nitrogens with zero attached hydrogens (tertiary/aromatic N) is 1. The average Bonchev–Trinajstić information content (AvgIpc) is 2.67. The van der Waals surface area contributed by atoms with Crippen LogP contribution in [0.25, 0.3) is 16.8 Å². The molecule has 0 aliphatic rings. The van der Waals surface area contributed by atoms with Gasteiger partial charge in [-0.05, 0) is 29.0 Å². The lowest BCUT2D eigenvalue weighted by atomic mass is 10.1. The minimum atomic E-state index is -0.397. The Morgan fingerprint density at radius 1 is 1.08 bits per heavy atom. The van der Waals surface area contributed by atoms with Gasteiger partial charge in [-0.2, -0.15) is 0 Å². The molecule has 1 N–H and O–H groups in total. The Kier molecular flexibility index (Phi) is 5.77. The average molecular weight is 332 g/mol. The molecule has 0 aliphatic carbocycles. The zero-order valence-corrected chi connectivity index (χ0v) is 13.9. The van der Waals surface area contributed by atoms with Crippen LogP contribution in [0.2, 0.25) is 0 Å². The summed E-state index contributed by atoms with van der Waals surface area (Å²) in [6.45, 7) is 0.818. The Morgan fingerprint density at radius 3 is 2.84 bits per heavy atom. The van der Waals surface area contributed by atoms with Crippen molar-refractivity contribution >= 4 is 22.9 Å².